The van der Waals surface area contributed by atoms with Gasteiger partial charge in [0.2, 0.25) is 0 Å². The molecule has 0 spiro atoms. The Morgan fingerprint density at radius 1 is 0.900 bits per heavy atom. The van der Waals surface area contributed by atoms with Gasteiger partial charge in [0.05, 0.1) is 0 Å². The molecule has 0 saturated heterocycles. The molecule has 1 nitrogen and oxygen atoms in total. The van der Waals surface area contributed by atoms with Crippen LogP contribution in [-0.2, 0) is 12.8 Å². The molecule has 0 heterocycles. The van der Waals surface area contributed by atoms with Crippen molar-refractivity contribution in [2.45, 2.75) is 32.1 Å². The van der Waals surface area contributed by atoms with Crippen LogP contribution < -0.4 is 0 Å². The number of fused-ring (bicyclic) bond motifs is 1. The normalized spacial score (nSPS) is 29.7. The Balaban J connectivity index is 1.64. The van der Waals surface area contributed by atoms with E-state index in [2.05, 4.69) is 30.3 Å². The number of benzene rings is 2. The fourth-order valence-electron chi connectivity index (χ4n) is 4.61. The molecule has 2 aromatic carbocycles. The van der Waals surface area contributed by atoms with E-state index in [0.29, 0.717) is 11.7 Å². The molecule has 2 aromatic rings. The second kappa shape index (κ2) is 3.72. The molecule has 0 N–H and O–H groups in total. The zero-order chi connectivity index (χ0) is 13.3. The number of hydrogen-bond donors (Lipinski definition) is 0. The minimum absolute atomic E-state index is 0.303. The molecule has 2 atom stereocenters. The Hall–Kier alpha value is -1.63. The zero-order valence-electron chi connectivity index (χ0n) is 11.6. The van der Waals surface area contributed by atoms with Gasteiger partial charge in [0.1, 0.15) is 0 Å². The standard InChI is InChI=1S/C19H18O/c20-19(15-9-13-8-14(13)10-15)17-7-6-12-5-4-11-2-1-3-16(17)18(11)12/h1-3,6-7,13-15H,4-5,8-10H2. The SMILES string of the molecule is O=C(c1ccc2c3c(cccc13)CC2)C1CC2CC2C1. The number of ketones is 1. The van der Waals surface area contributed by atoms with Crippen LogP contribution in [-0.4, -0.2) is 5.78 Å². The van der Waals surface area contributed by atoms with Crippen molar-refractivity contribution >= 4 is 16.6 Å². The van der Waals surface area contributed by atoms with Crippen LogP contribution in [0.2, 0.25) is 0 Å². The van der Waals surface area contributed by atoms with E-state index in [1.165, 1.54) is 28.3 Å². The van der Waals surface area contributed by atoms with Crippen LogP contribution in [0.1, 0.15) is 40.7 Å². The van der Waals surface area contributed by atoms with E-state index in [9.17, 15) is 4.79 Å². The van der Waals surface area contributed by atoms with E-state index in [1.807, 2.05) is 0 Å². The average Bonchev–Trinajstić information content (AvgIpc) is 2.90. The summed E-state index contributed by atoms with van der Waals surface area (Å²) in [5, 5.41) is 2.59. The molecule has 2 unspecified atom stereocenters. The predicted molar refractivity (Wildman–Crippen MR) is 80.0 cm³/mol. The molecule has 5 rings (SSSR count). The molecule has 20 heavy (non-hydrogen) atoms. The van der Waals surface area contributed by atoms with Crippen molar-refractivity contribution < 1.29 is 4.79 Å². The van der Waals surface area contributed by atoms with Crippen LogP contribution in [0.4, 0.5) is 0 Å². The lowest BCUT2D eigenvalue weighted by atomic mass is 9.89. The van der Waals surface area contributed by atoms with Crippen LogP contribution in [0.25, 0.3) is 10.8 Å². The van der Waals surface area contributed by atoms with E-state index < -0.39 is 0 Å². The van der Waals surface area contributed by atoms with Crippen molar-refractivity contribution in [3.05, 3.63) is 47.0 Å². The van der Waals surface area contributed by atoms with Crippen LogP contribution in [0.3, 0.4) is 0 Å². The highest BCUT2D eigenvalue weighted by molar-refractivity contribution is 6.11. The highest BCUT2D eigenvalue weighted by atomic mass is 16.1. The molecule has 2 fully saturated rings. The second-order valence-electron chi connectivity index (χ2n) is 6.90. The quantitative estimate of drug-likeness (QED) is 0.742. The summed E-state index contributed by atoms with van der Waals surface area (Å²) >= 11 is 0. The van der Waals surface area contributed by atoms with Gasteiger partial charge >= 0.3 is 0 Å². The fourth-order valence-corrected chi connectivity index (χ4v) is 4.61. The number of rotatable bonds is 2. The first-order chi connectivity index (χ1) is 9.81. The maximum absolute atomic E-state index is 12.9. The van der Waals surface area contributed by atoms with Gasteiger partial charge in [-0.15, -0.1) is 0 Å². The van der Waals surface area contributed by atoms with Crippen LogP contribution in [0.5, 0.6) is 0 Å². The van der Waals surface area contributed by atoms with Crippen molar-refractivity contribution in [3.8, 4) is 0 Å². The summed E-state index contributed by atoms with van der Waals surface area (Å²) < 4.78 is 0. The van der Waals surface area contributed by atoms with Crippen molar-refractivity contribution in [2.24, 2.45) is 17.8 Å². The largest absolute Gasteiger partial charge is 0.294 e. The van der Waals surface area contributed by atoms with Crippen molar-refractivity contribution in [2.75, 3.05) is 0 Å². The molecule has 0 amide bonds. The van der Waals surface area contributed by atoms with Crippen LogP contribution in [0, 0.1) is 17.8 Å². The van der Waals surface area contributed by atoms with E-state index in [1.54, 1.807) is 0 Å². The maximum Gasteiger partial charge on any atom is 0.166 e. The third-order valence-electron chi connectivity index (χ3n) is 5.76. The Morgan fingerprint density at radius 2 is 1.65 bits per heavy atom. The Morgan fingerprint density at radius 3 is 2.45 bits per heavy atom. The van der Waals surface area contributed by atoms with Gasteiger partial charge in [0, 0.05) is 11.5 Å². The molecular formula is C19H18O. The summed E-state index contributed by atoms with van der Waals surface area (Å²) in [6.07, 6.45) is 5.95. The average molecular weight is 262 g/mol. The van der Waals surface area contributed by atoms with Gasteiger partial charge in [-0.1, -0.05) is 30.3 Å². The van der Waals surface area contributed by atoms with E-state index in [0.717, 1.165) is 43.1 Å². The van der Waals surface area contributed by atoms with Crippen molar-refractivity contribution in [3.63, 3.8) is 0 Å². The summed E-state index contributed by atoms with van der Waals surface area (Å²) in [5.41, 5.74) is 3.85. The fraction of sp³-hybridized carbons (Fsp3) is 0.421. The van der Waals surface area contributed by atoms with Gasteiger partial charge in [-0.3, -0.25) is 4.79 Å². The van der Waals surface area contributed by atoms with Gasteiger partial charge in [0.15, 0.2) is 5.78 Å². The van der Waals surface area contributed by atoms with Crippen LogP contribution >= 0.6 is 0 Å². The summed E-state index contributed by atoms with van der Waals surface area (Å²) in [7, 11) is 0. The number of Topliss-reactive ketones (excluding diaryl/α,β-unsaturated/α-hetero) is 1. The molecule has 3 aliphatic carbocycles. The maximum atomic E-state index is 12.9. The molecule has 100 valence electrons. The smallest absolute Gasteiger partial charge is 0.166 e. The summed E-state index contributed by atoms with van der Waals surface area (Å²) in [6, 6.07) is 10.8. The molecule has 0 aromatic heterocycles. The van der Waals surface area contributed by atoms with E-state index in [-0.39, 0.29) is 0 Å². The third-order valence-corrected chi connectivity index (χ3v) is 5.76. The van der Waals surface area contributed by atoms with E-state index >= 15 is 0 Å². The highest BCUT2D eigenvalue weighted by Gasteiger charge is 2.48. The van der Waals surface area contributed by atoms with Gasteiger partial charge in [0.25, 0.3) is 0 Å². The molecular weight excluding hydrogens is 244 g/mol. The first-order valence-electron chi connectivity index (χ1n) is 7.89. The summed E-state index contributed by atoms with van der Waals surface area (Å²) in [5.74, 6) is 2.46. The first kappa shape index (κ1) is 11.1. The minimum atomic E-state index is 0.303. The summed E-state index contributed by atoms with van der Waals surface area (Å²) in [6.45, 7) is 0. The second-order valence-corrected chi connectivity index (χ2v) is 6.90. The topological polar surface area (TPSA) is 17.1 Å². The lowest BCUT2D eigenvalue weighted by molar-refractivity contribution is 0.0916. The van der Waals surface area contributed by atoms with Gasteiger partial charge < -0.3 is 0 Å². The Labute approximate surface area is 119 Å². The minimum Gasteiger partial charge on any atom is -0.294 e. The Bertz CT molecular complexity index is 723. The van der Waals surface area contributed by atoms with Gasteiger partial charge in [-0.2, -0.15) is 0 Å². The number of aryl methyl sites for hydroxylation is 2. The highest BCUT2D eigenvalue weighted by Crippen LogP contribution is 2.55. The molecule has 0 aliphatic heterocycles. The van der Waals surface area contributed by atoms with Crippen molar-refractivity contribution in [1.82, 2.24) is 0 Å². The molecule has 2 saturated carbocycles. The number of carbonyl (C=O) groups excluding carboxylic acids is 1. The monoisotopic (exact) mass is 262 g/mol. The van der Waals surface area contributed by atoms with E-state index in [4.69, 9.17) is 0 Å². The molecule has 1 heteroatoms. The predicted octanol–water partition coefficient (Wildman–Crippen LogP) is 4.17. The van der Waals surface area contributed by atoms with Gasteiger partial charge in [-0.25, -0.2) is 0 Å². The number of carbonyl (C=O) groups is 1. The third kappa shape index (κ3) is 1.41. The lowest BCUT2D eigenvalue weighted by Gasteiger charge is -2.13. The van der Waals surface area contributed by atoms with Crippen LogP contribution in [0.15, 0.2) is 30.3 Å². The van der Waals surface area contributed by atoms with Gasteiger partial charge in [-0.05, 0) is 65.8 Å². The zero-order valence-corrected chi connectivity index (χ0v) is 11.6. The van der Waals surface area contributed by atoms with Crippen molar-refractivity contribution in [1.29, 1.82) is 0 Å². The lowest BCUT2D eigenvalue weighted by Crippen LogP contribution is -2.13. The molecule has 3 aliphatic rings. The first-order valence-corrected chi connectivity index (χ1v) is 7.89. The molecule has 0 bridgehead atoms. The summed E-state index contributed by atoms with van der Waals surface area (Å²) in [4.78, 5) is 12.9. The molecule has 0 radical (unpaired) electrons. The Kier molecular flexibility index (Phi) is 2.06. The number of hydrogen-bond acceptors (Lipinski definition) is 1.